The van der Waals surface area contributed by atoms with Crippen LogP contribution in [-0.2, 0) is 13.1 Å². The van der Waals surface area contributed by atoms with Gasteiger partial charge < -0.3 is 11.1 Å². The first kappa shape index (κ1) is 17.7. The van der Waals surface area contributed by atoms with E-state index in [1.54, 1.807) is 24.3 Å². The maximum absolute atomic E-state index is 13.0. The third kappa shape index (κ3) is 4.93. The zero-order valence-corrected chi connectivity index (χ0v) is 14.2. The molecule has 0 bridgehead atoms. The highest BCUT2D eigenvalue weighted by molar-refractivity contribution is 5.53. The van der Waals surface area contributed by atoms with Crippen molar-refractivity contribution in [3.63, 3.8) is 0 Å². The molecule has 0 aliphatic rings. The van der Waals surface area contributed by atoms with Crippen LogP contribution in [0, 0.1) is 11.6 Å². The average molecular weight is 356 g/mol. The van der Waals surface area contributed by atoms with E-state index in [1.165, 1.54) is 24.3 Å². The Hall–Kier alpha value is -3.13. The number of nitrogens with one attached hydrogen (secondary N) is 1. The quantitative estimate of drug-likeness (QED) is 0.706. The summed E-state index contributed by atoms with van der Waals surface area (Å²) in [7, 11) is 1.90. The molecule has 0 unspecified atom stereocenters. The Morgan fingerprint density at radius 2 is 1.50 bits per heavy atom. The minimum atomic E-state index is -0.325. The van der Waals surface area contributed by atoms with Crippen molar-refractivity contribution in [1.82, 2.24) is 19.9 Å². The van der Waals surface area contributed by atoms with Gasteiger partial charge in [-0.3, -0.25) is 4.90 Å². The summed E-state index contributed by atoms with van der Waals surface area (Å²) in [4.78, 5) is 14.5. The number of nitrogens with zero attached hydrogens (tertiary/aromatic N) is 4. The van der Waals surface area contributed by atoms with E-state index in [1.807, 2.05) is 11.9 Å². The number of benzene rings is 2. The molecule has 0 amide bonds. The number of hydrogen-bond acceptors (Lipinski definition) is 6. The number of hydrogen-bond donors (Lipinski definition) is 2. The van der Waals surface area contributed by atoms with Crippen molar-refractivity contribution < 1.29 is 8.78 Å². The van der Waals surface area contributed by atoms with Crippen molar-refractivity contribution in [1.29, 1.82) is 0 Å². The molecule has 8 heteroatoms. The van der Waals surface area contributed by atoms with Gasteiger partial charge in [-0.05, 0) is 49.0 Å². The molecule has 0 fully saturated rings. The van der Waals surface area contributed by atoms with Gasteiger partial charge in [-0.2, -0.15) is 15.0 Å². The lowest BCUT2D eigenvalue weighted by Gasteiger charge is -2.16. The Morgan fingerprint density at radius 3 is 2.15 bits per heavy atom. The minimum absolute atomic E-state index is 0.0924. The molecule has 0 saturated carbocycles. The second kappa shape index (κ2) is 7.83. The predicted octanol–water partition coefficient (Wildman–Crippen LogP) is 3.11. The molecule has 0 aliphatic heterocycles. The standard InChI is InChI=1S/C18H18F2N6/c1-26(10-12-2-4-13(19)5-3-12)11-16-23-17(21)25-18(24-16)22-15-8-6-14(20)7-9-15/h2-9H,10-11H2,1H3,(H3,21,22,23,24,25). The van der Waals surface area contributed by atoms with Crippen molar-refractivity contribution in [3.8, 4) is 0 Å². The SMILES string of the molecule is CN(Cc1ccc(F)cc1)Cc1nc(N)nc(Nc2ccc(F)cc2)n1. The van der Waals surface area contributed by atoms with Gasteiger partial charge in [0.2, 0.25) is 11.9 Å². The first-order valence-electron chi connectivity index (χ1n) is 7.94. The summed E-state index contributed by atoms with van der Waals surface area (Å²) < 4.78 is 26.0. The van der Waals surface area contributed by atoms with Crippen LogP contribution in [0.3, 0.4) is 0 Å². The first-order valence-corrected chi connectivity index (χ1v) is 7.94. The van der Waals surface area contributed by atoms with Crippen molar-refractivity contribution in [3.05, 3.63) is 71.6 Å². The van der Waals surface area contributed by atoms with Crippen LogP contribution in [0.4, 0.5) is 26.4 Å². The number of anilines is 3. The number of nitrogens with two attached hydrogens (primary N) is 1. The second-order valence-electron chi connectivity index (χ2n) is 5.86. The zero-order valence-electron chi connectivity index (χ0n) is 14.2. The number of aromatic nitrogens is 3. The third-order valence-electron chi connectivity index (χ3n) is 3.58. The topological polar surface area (TPSA) is 80.0 Å². The van der Waals surface area contributed by atoms with Crippen molar-refractivity contribution in [2.45, 2.75) is 13.1 Å². The highest BCUT2D eigenvalue weighted by Crippen LogP contribution is 2.15. The fourth-order valence-corrected chi connectivity index (χ4v) is 2.43. The van der Waals surface area contributed by atoms with E-state index < -0.39 is 0 Å². The van der Waals surface area contributed by atoms with Crippen molar-refractivity contribution >= 4 is 17.6 Å². The summed E-state index contributed by atoms with van der Waals surface area (Å²) in [6, 6.07) is 12.1. The third-order valence-corrected chi connectivity index (χ3v) is 3.58. The lowest BCUT2D eigenvalue weighted by molar-refractivity contribution is 0.310. The summed E-state index contributed by atoms with van der Waals surface area (Å²) in [5.41, 5.74) is 7.37. The molecule has 0 radical (unpaired) electrons. The molecule has 0 saturated heterocycles. The summed E-state index contributed by atoms with van der Waals surface area (Å²) in [6.07, 6.45) is 0. The van der Waals surface area contributed by atoms with E-state index >= 15 is 0 Å². The van der Waals surface area contributed by atoms with Crippen LogP contribution >= 0.6 is 0 Å². The molecular formula is C18H18F2N6. The van der Waals surface area contributed by atoms with E-state index in [0.29, 0.717) is 24.6 Å². The van der Waals surface area contributed by atoms with Crippen LogP contribution in [0.1, 0.15) is 11.4 Å². The minimum Gasteiger partial charge on any atom is -0.368 e. The smallest absolute Gasteiger partial charge is 0.232 e. The maximum Gasteiger partial charge on any atom is 0.232 e. The zero-order chi connectivity index (χ0) is 18.5. The summed E-state index contributed by atoms with van der Waals surface area (Å²) in [5.74, 6) is 0.280. The molecule has 3 N–H and O–H groups in total. The highest BCUT2D eigenvalue weighted by atomic mass is 19.1. The molecule has 0 spiro atoms. The molecule has 26 heavy (non-hydrogen) atoms. The molecule has 0 aliphatic carbocycles. The summed E-state index contributed by atoms with van der Waals surface area (Å²) in [5, 5.41) is 2.97. The van der Waals surface area contributed by atoms with E-state index in [9.17, 15) is 8.78 Å². The Labute approximate surface area is 149 Å². The van der Waals surface area contributed by atoms with Gasteiger partial charge in [-0.15, -0.1) is 0 Å². The van der Waals surface area contributed by atoms with Crippen LogP contribution in [0.5, 0.6) is 0 Å². The second-order valence-corrected chi connectivity index (χ2v) is 5.86. The van der Waals surface area contributed by atoms with Gasteiger partial charge in [-0.1, -0.05) is 12.1 Å². The maximum atomic E-state index is 13.0. The van der Waals surface area contributed by atoms with E-state index in [0.717, 1.165) is 5.56 Å². The van der Waals surface area contributed by atoms with Gasteiger partial charge in [0.1, 0.15) is 17.5 Å². The Morgan fingerprint density at radius 1 is 0.885 bits per heavy atom. The van der Waals surface area contributed by atoms with Crippen LogP contribution in [0.25, 0.3) is 0 Å². The molecule has 1 heterocycles. The number of halogens is 2. The molecule has 1 aromatic heterocycles. The van der Waals surface area contributed by atoms with E-state index in [2.05, 4.69) is 20.3 Å². The van der Waals surface area contributed by atoms with Gasteiger partial charge in [0.15, 0.2) is 0 Å². The van der Waals surface area contributed by atoms with Gasteiger partial charge in [-0.25, -0.2) is 8.78 Å². The normalized spacial score (nSPS) is 10.9. The monoisotopic (exact) mass is 356 g/mol. The Bertz CT molecular complexity index is 868. The predicted molar refractivity (Wildman–Crippen MR) is 95.5 cm³/mol. The summed E-state index contributed by atoms with van der Waals surface area (Å²) >= 11 is 0. The van der Waals surface area contributed by atoms with Crippen LogP contribution in [-0.4, -0.2) is 26.9 Å². The largest absolute Gasteiger partial charge is 0.368 e. The first-order chi connectivity index (χ1) is 12.5. The van der Waals surface area contributed by atoms with Gasteiger partial charge in [0.25, 0.3) is 0 Å². The van der Waals surface area contributed by atoms with Crippen LogP contribution in [0.2, 0.25) is 0 Å². The van der Waals surface area contributed by atoms with Crippen LogP contribution in [0.15, 0.2) is 48.5 Å². The fraction of sp³-hybridized carbons (Fsp3) is 0.167. The van der Waals surface area contributed by atoms with Gasteiger partial charge in [0, 0.05) is 12.2 Å². The van der Waals surface area contributed by atoms with Crippen molar-refractivity contribution in [2.75, 3.05) is 18.1 Å². The number of nitrogen functional groups attached to an aromatic ring is 1. The summed E-state index contributed by atoms with van der Waals surface area (Å²) in [6.45, 7) is 1.04. The highest BCUT2D eigenvalue weighted by Gasteiger charge is 2.09. The van der Waals surface area contributed by atoms with Gasteiger partial charge in [0.05, 0.1) is 6.54 Å². The molecule has 2 aromatic carbocycles. The molecule has 0 atom stereocenters. The molecule has 6 nitrogen and oxygen atoms in total. The van der Waals surface area contributed by atoms with E-state index in [4.69, 9.17) is 5.73 Å². The Balaban J connectivity index is 1.68. The van der Waals surface area contributed by atoms with Crippen molar-refractivity contribution in [2.24, 2.45) is 0 Å². The average Bonchev–Trinajstić information content (AvgIpc) is 2.58. The lowest BCUT2D eigenvalue weighted by Crippen LogP contribution is -2.20. The molecular weight excluding hydrogens is 338 g/mol. The van der Waals surface area contributed by atoms with Gasteiger partial charge >= 0.3 is 0 Å². The molecule has 3 aromatic rings. The lowest BCUT2D eigenvalue weighted by atomic mass is 10.2. The van der Waals surface area contributed by atoms with Crippen LogP contribution < -0.4 is 11.1 Å². The van der Waals surface area contributed by atoms with E-state index in [-0.39, 0.29) is 23.5 Å². The fourth-order valence-electron chi connectivity index (χ4n) is 2.43. The Kier molecular flexibility index (Phi) is 5.33. The number of rotatable bonds is 6. The molecule has 3 rings (SSSR count). The molecule has 134 valence electrons.